The van der Waals surface area contributed by atoms with E-state index in [1.54, 1.807) is 12.0 Å². The summed E-state index contributed by atoms with van der Waals surface area (Å²) in [5, 5.41) is 3.05. The highest BCUT2D eigenvalue weighted by Gasteiger charge is 2.22. The van der Waals surface area contributed by atoms with Crippen molar-refractivity contribution in [2.75, 3.05) is 34.3 Å². The highest BCUT2D eigenvalue weighted by Crippen LogP contribution is 2.34. The summed E-state index contributed by atoms with van der Waals surface area (Å²) in [6.45, 7) is 7.94. The molecule has 0 aliphatic carbocycles. The Morgan fingerprint density at radius 2 is 2.00 bits per heavy atom. The average molecular weight is 292 g/mol. The molecule has 0 saturated carbocycles. The van der Waals surface area contributed by atoms with Crippen LogP contribution in [0.5, 0.6) is 5.75 Å². The van der Waals surface area contributed by atoms with Gasteiger partial charge in [-0.25, -0.2) is 0 Å². The van der Waals surface area contributed by atoms with Crippen molar-refractivity contribution in [3.8, 4) is 5.75 Å². The van der Waals surface area contributed by atoms with Crippen molar-refractivity contribution >= 4 is 5.91 Å². The van der Waals surface area contributed by atoms with Crippen LogP contribution in [0.1, 0.15) is 31.9 Å². The molecule has 0 saturated heterocycles. The second kappa shape index (κ2) is 7.46. The van der Waals surface area contributed by atoms with E-state index in [2.05, 4.69) is 32.2 Å². The van der Waals surface area contributed by atoms with Crippen LogP contribution >= 0.6 is 0 Å². The van der Waals surface area contributed by atoms with Crippen molar-refractivity contribution in [2.45, 2.75) is 32.6 Å². The molecule has 4 nitrogen and oxygen atoms in total. The number of nitrogens with zero attached hydrogens (tertiary/aromatic N) is 1. The first-order chi connectivity index (χ1) is 9.81. The molecule has 4 heteroatoms. The maximum Gasteiger partial charge on any atom is 0.226 e. The summed E-state index contributed by atoms with van der Waals surface area (Å²) < 4.78 is 5.58. The van der Waals surface area contributed by atoms with Crippen LogP contribution in [-0.2, 0) is 16.6 Å². The van der Waals surface area contributed by atoms with E-state index in [0.29, 0.717) is 13.0 Å². The highest BCUT2D eigenvalue weighted by molar-refractivity contribution is 5.79. The minimum Gasteiger partial charge on any atom is -0.496 e. The minimum atomic E-state index is -0.0115. The second-order valence-electron chi connectivity index (χ2n) is 6.34. The summed E-state index contributed by atoms with van der Waals surface area (Å²) in [7, 11) is 5.39. The lowest BCUT2D eigenvalue weighted by molar-refractivity contribution is -0.129. The van der Waals surface area contributed by atoms with Crippen LogP contribution in [0.25, 0.3) is 0 Å². The van der Waals surface area contributed by atoms with Gasteiger partial charge in [-0.15, -0.1) is 0 Å². The quantitative estimate of drug-likeness (QED) is 0.874. The summed E-state index contributed by atoms with van der Waals surface area (Å²) in [5.74, 6) is 0.940. The van der Waals surface area contributed by atoms with E-state index in [9.17, 15) is 4.79 Å². The van der Waals surface area contributed by atoms with Crippen molar-refractivity contribution in [1.29, 1.82) is 0 Å². The van der Waals surface area contributed by atoms with Crippen molar-refractivity contribution in [2.24, 2.45) is 0 Å². The third kappa shape index (κ3) is 4.74. The molecular weight excluding hydrogens is 264 g/mol. The summed E-state index contributed by atoms with van der Waals surface area (Å²) in [6.07, 6.45) is 0.368. The molecule has 1 N–H and O–H groups in total. The Morgan fingerprint density at radius 3 is 2.52 bits per heavy atom. The molecule has 1 aromatic rings. The molecule has 0 heterocycles. The van der Waals surface area contributed by atoms with Crippen LogP contribution in [0.3, 0.4) is 0 Å². The number of methoxy groups -OCH3 is 1. The van der Waals surface area contributed by atoms with Gasteiger partial charge in [0.05, 0.1) is 13.5 Å². The van der Waals surface area contributed by atoms with Gasteiger partial charge in [-0.3, -0.25) is 4.79 Å². The lowest BCUT2D eigenvalue weighted by Crippen LogP contribution is -2.33. The first-order valence-corrected chi connectivity index (χ1v) is 7.36. The van der Waals surface area contributed by atoms with Crippen molar-refractivity contribution in [3.63, 3.8) is 0 Å². The molecule has 1 amide bonds. The first kappa shape index (κ1) is 17.5. The zero-order chi connectivity index (χ0) is 16.0. The van der Waals surface area contributed by atoms with Crippen LogP contribution in [0, 0.1) is 0 Å². The Morgan fingerprint density at radius 1 is 1.33 bits per heavy atom. The zero-order valence-corrected chi connectivity index (χ0v) is 14.1. The average Bonchev–Trinajstić information content (AvgIpc) is 2.43. The van der Waals surface area contributed by atoms with Gasteiger partial charge in [0.25, 0.3) is 0 Å². The van der Waals surface area contributed by atoms with E-state index in [0.717, 1.165) is 23.4 Å². The van der Waals surface area contributed by atoms with Gasteiger partial charge in [-0.05, 0) is 18.0 Å². The van der Waals surface area contributed by atoms with E-state index in [1.807, 2.05) is 26.2 Å². The van der Waals surface area contributed by atoms with E-state index in [-0.39, 0.29) is 11.3 Å². The number of hydrogen-bond donors (Lipinski definition) is 1. The fourth-order valence-corrected chi connectivity index (χ4v) is 2.26. The lowest BCUT2D eigenvalue weighted by Gasteiger charge is -2.24. The second-order valence-corrected chi connectivity index (χ2v) is 6.34. The molecule has 1 rings (SSSR count). The Balaban J connectivity index is 2.96. The fourth-order valence-electron chi connectivity index (χ4n) is 2.26. The predicted octanol–water partition coefficient (Wildman–Crippen LogP) is 2.21. The van der Waals surface area contributed by atoms with Crippen LogP contribution in [0.4, 0.5) is 0 Å². The molecule has 0 aliphatic heterocycles. The normalized spacial score (nSPS) is 11.3. The molecular formula is C17H28N2O2. The van der Waals surface area contributed by atoms with E-state index in [4.69, 9.17) is 4.74 Å². The Kier molecular flexibility index (Phi) is 6.21. The SMILES string of the molecule is CNCCN(C)C(=O)Cc1cccc(C(C)(C)C)c1OC. The third-order valence-electron chi connectivity index (χ3n) is 3.57. The molecule has 0 fully saturated rings. The van der Waals surface area contributed by atoms with Gasteiger partial charge in [0.15, 0.2) is 0 Å². The Hall–Kier alpha value is -1.55. The van der Waals surface area contributed by atoms with Crippen molar-refractivity contribution < 1.29 is 9.53 Å². The molecule has 0 aliphatic rings. The lowest BCUT2D eigenvalue weighted by atomic mass is 9.85. The van der Waals surface area contributed by atoms with E-state index >= 15 is 0 Å². The number of carbonyl (C=O) groups excluding carboxylic acids is 1. The highest BCUT2D eigenvalue weighted by atomic mass is 16.5. The number of benzene rings is 1. The molecule has 118 valence electrons. The largest absolute Gasteiger partial charge is 0.496 e. The predicted molar refractivity (Wildman–Crippen MR) is 87.0 cm³/mol. The van der Waals surface area contributed by atoms with Gasteiger partial charge < -0.3 is 15.0 Å². The van der Waals surface area contributed by atoms with Gasteiger partial charge >= 0.3 is 0 Å². The van der Waals surface area contributed by atoms with E-state index < -0.39 is 0 Å². The molecule has 0 bridgehead atoms. The minimum absolute atomic E-state index is 0.0115. The van der Waals surface area contributed by atoms with Crippen LogP contribution in [0.15, 0.2) is 18.2 Å². The number of ether oxygens (including phenoxy) is 1. The maximum absolute atomic E-state index is 12.3. The van der Waals surface area contributed by atoms with Crippen LogP contribution in [0.2, 0.25) is 0 Å². The summed E-state index contributed by atoms with van der Waals surface area (Å²) in [5.41, 5.74) is 2.07. The van der Waals surface area contributed by atoms with Crippen LogP contribution in [-0.4, -0.2) is 45.1 Å². The number of para-hydroxylation sites is 1. The first-order valence-electron chi connectivity index (χ1n) is 7.36. The summed E-state index contributed by atoms with van der Waals surface area (Å²) in [4.78, 5) is 14.0. The molecule has 1 aromatic carbocycles. The molecule has 0 atom stereocenters. The Labute approximate surface area is 128 Å². The van der Waals surface area contributed by atoms with Gasteiger partial charge in [0.1, 0.15) is 5.75 Å². The summed E-state index contributed by atoms with van der Waals surface area (Å²) in [6, 6.07) is 6.04. The third-order valence-corrected chi connectivity index (χ3v) is 3.57. The number of likely N-dealkylation sites (N-methyl/N-ethyl adjacent to an activating group) is 2. The topological polar surface area (TPSA) is 41.6 Å². The van der Waals surface area contributed by atoms with Gasteiger partial charge in [0.2, 0.25) is 5.91 Å². The molecule has 0 radical (unpaired) electrons. The number of rotatable bonds is 6. The van der Waals surface area contributed by atoms with Gasteiger partial charge in [-0.1, -0.05) is 39.0 Å². The number of nitrogens with one attached hydrogen (secondary N) is 1. The van der Waals surface area contributed by atoms with E-state index in [1.165, 1.54) is 0 Å². The Bertz CT molecular complexity index is 478. The molecule has 0 aromatic heterocycles. The van der Waals surface area contributed by atoms with Gasteiger partial charge in [-0.2, -0.15) is 0 Å². The fraction of sp³-hybridized carbons (Fsp3) is 0.588. The molecule has 21 heavy (non-hydrogen) atoms. The monoisotopic (exact) mass is 292 g/mol. The van der Waals surface area contributed by atoms with Crippen molar-refractivity contribution in [3.05, 3.63) is 29.3 Å². The maximum atomic E-state index is 12.3. The smallest absolute Gasteiger partial charge is 0.226 e. The number of amides is 1. The number of carbonyl (C=O) groups is 1. The zero-order valence-electron chi connectivity index (χ0n) is 14.1. The van der Waals surface area contributed by atoms with Crippen LogP contribution < -0.4 is 10.1 Å². The standard InChI is InChI=1S/C17H28N2O2/c1-17(2,3)14-9-7-8-13(16(14)21-6)12-15(20)19(5)11-10-18-4/h7-9,18H,10-12H2,1-6H3. The molecule has 0 unspecified atom stereocenters. The molecule has 0 spiro atoms. The summed E-state index contributed by atoms with van der Waals surface area (Å²) >= 11 is 0. The van der Waals surface area contributed by atoms with Crippen molar-refractivity contribution in [1.82, 2.24) is 10.2 Å². The van der Waals surface area contributed by atoms with Gasteiger partial charge in [0, 0.05) is 25.7 Å². The number of hydrogen-bond acceptors (Lipinski definition) is 3.